The summed E-state index contributed by atoms with van der Waals surface area (Å²) in [4.78, 5) is 4.57. The van der Waals surface area contributed by atoms with E-state index in [2.05, 4.69) is 16.4 Å². The number of rotatable bonds is 3. The van der Waals surface area contributed by atoms with Gasteiger partial charge in [0.05, 0.1) is 11.3 Å². The first-order valence-corrected chi connectivity index (χ1v) is 6.87. The smallest absolute Gasteiger partial charge is 0.134 e. The van der Waals surface area contributed by atoms with E-state index in [0.717, 1.165) is 16.3 Å². The molecule has 0 aliphatic heterocycles. The minimum absolute atomic E-state index is 0.645. The second-order valence-corrected chi connectivity index (χ2v) is 5.29. The fraction of sp³-hybridized carbons (Fsp3) is 0.200. The third-order valence-electron chi connectivity index (χ3n) is 2.98. The lowest BCUT2D eigenvalue weighted by atomic mass is 10.1. The van der Waals surface area contributed by atoms with Crippen LogP contribution in [0.4, 0.5) is 0 Å². The van der Waals surface area contributed by atoms with Crippen LogP contribution in [0.25, 0.3) is 11.6 Å². The zero-order chi connectivity index (χ0) is 12.4. The van der Waals surface area contributed by atoms with Crippen LogP contribution in [0.15, 0.2) is 35.7 Å². The molecule has 88 valence electrons. The van der Waals surface area contributed by atoms with E-state index in [-0.39, 0.29) is 0 Å². The van der Waals surface area contributed by atoms with Gasteiger partial charge in [-0.3, -0.25) is 0 Å². The van der Waals surface area contributed by atoms with Gasteiger partial charge in [-0.05, 0) is 24.5 Å². The first kappa shape index (κ1) is 11.2. The maximum Gasteiger partial charge on any atom is 0.134 e. The van der Waals surface area contributed by atoms with Gasteiger partial charge in [0.25, 0.3) is 0 Å². The summed E-state index contributed by atoms with van der Waals surface area (Å²) < 4.78 is 0. The Hall–Kier alpha value is -1.92. The predicted molar refractivity (Wildman–Crippen MR) is 74.0 cm³/mol. The topological polar surface area (TPSA) is 36.7 Å². The number of hydrogen-bond acceptors (Lipinski definition) is 3. The highest BCUT2D eigenvalue weighted by Crippen LogP contribution is 2.40. The number of benzene rings is 1. The van der Waals surface area contributed by atoms with Crippen LogP contribution in [-0.2, 0) is 0 Å². The Morgan fingerprint density at radius 1 is 1.33 bits per heavy atom. The number of aromatic nitrogens is 1. The van der Waals surface area contributed by atoms with Gasteiger partial charge < -0.3 is 0 Å². The van der Waals surface area contributed by atoms with Crippen LogP contribution in [0.5, 0.6) is 0 Å². The van der Waals surface area contributed by atoms with Crippen molar-refractivity contribution < 1.29 is 0 Å². The SMILES string of the molecule is N#C/C(=C\c1ccccc1)c1nc(C2CC2)cs1. The Labute approximate surface area is 110 Å². The summed E-state index contributed by atoms with van der Waals surface area (Å²) in [6, 6.07) is 12.1. The second-order valence-electron chi connectivity index (χ2n) is 4.43. The monoisotopic (exact) mass is 252 g/mol. The molecule has 18 heavy (non-hydrogen) atoms. The molecule has 1 fully saturated rings. The molecule has 0 saturated heterocycles. The summed E-state index contributed by atoms with van der Waals surface area (Å²) >= 11 is 1.57. The lowest BCUT2D eigenvalue weighted by Crippen LogP contribution is -1.83. The third-order valence-corrected chi connectivity index (χ3v) is 3.87. The molecular formula is C15H12N2S. The van der Waals surface area contributed by atoms with Crippen molar-refractivity contribution in [3.05, 3.63) is 52.0 Å². The van der Waals surface area contributed by atoms with Gasteiger partial charge in [-0.1, -0.05) is 30.3 Å². The van der Waals surface area contributed by atoms with Crippen molar-refractivity contribution in [1.82, 2.24) is 4.98 Å². The predicted octanol–water partition coefficient (Wildman–Crippen LogP) is 4.08. The van der Waals surface area contributed by atoms with Gasteiger partial charge in [-0.2, -0.15) is 5.26 Å². The van der Waals surface area contributed by atoms with E-state index in [1.165, 1.54) is 12.8 Å². The van der Waals surface area contributed by atoms with E-state index in [9.17, 15) is 5.26 Å². The molecule has 1 aliphatic rings. The minimum Gasteiger partial charge on any atom is -0.240 e. The molecule has 1 aromatic carbocycles. The molecule has 1 saturated carbocycles. The average Bonchev–Trinajstić information content (AvgIpc) is 3.16. The lowest BCUT2D eigenvalue weighted by Gasteiger charge is -1.94. The maximum atomic E-state index is 9.25. The summed E-state index contributed by atoms with van der Waals surface area (Å²) in [5.41, 5.74) is 2.85. The fourth-order valence-corrected chi connectivity index (χ4v) is 2.70. The number of thiazole rings is 1. The van der Waals surface area contributed by atoms with Crippen LogP contribution >= 0.6 is 11.3 Å². The van der Waals surface area contributed by atoms with Gasteiger partial charge in [0.1, 0.15) is 11.1 Å². The van der Waals surface area contributed by atoms with Crippen molar-refractivity contribution in [3.63, 3.8) is 0 Å². The molecule has 1 heterocycles. The van der Waals surface area contributed by atoms with Gasteiger partial charge in [-0.15, -0.1) is 11.3 Å². The van der Waals surface area contributed by atoms with Crippen molar-refractivity contribution in [2.75, 3.05) is 0 Å². The Bertz CT molecular complexity index is 615. The van der Waals surface area contributed by atoms with Gasteiger partial charge in [0, 0.05) is 11.3 Å². The molecule has 0 spiro atoms. The van der Waals surface area contributed by atoms with Crippen molar-refractivity contribution in [2.24, 2.45) is 0 Å². The number of nitriles is 1. The molecule has 0 unspecified atom stereocenters. The van der Waals surface area contributed by atoms with Gasteiger partial charge in [0.2, 0.25) is 0 Å². The average molecular weight is 252 g/mol. The standard InChI is InChI=1S/C15H12N2S/c16-9-13(8-11-4-2-1-3-5-11)15-17-14(10-18-15)12-6-7-12/h1-5,8,10,12H,6-7H2/b13-8+. The molecule has 2 nitrogen and oxygen atoms in total. The van der Waals surface area contributed by atoms with Crippen LogP contribution < -0.4 is 0 Å². The summed E-state index contributed by atoms with van der Waals surface area (Å²) in [7, 11) is 0. The van der Waals surface area contributed by atoms with Gasteiger partial charge in [0.15, 0.2) is 0 Å². The van der Waals surface area contributed by atoms with E-state index in [1.807, 2.05) is 36.4 Å². The Morgan fingerprint density at radius 3 is 2.78 bits per heavy atom. The summed E-state index contributed by atoms with van der Waals surface area (Å²) in [6.45, 7) is 0. The van der Waals surface area contributed by atoms with E-state index >= 15 is 0 Å². The Kier molecular flexibility index (Phi) is 2.95. The molecule has 0 atom stereocenters. The lowest BCUT2D eigenvalue weighted by molar-refractivity contribution is 1.05. The Balaban J connectivity index is 1.91. The first-order valence-electron chi connectivity index (χ1n) is 5.99. The van der Waals surface area contributed by atoms with E-state index in [0.29, 0.717) is 11.5 Å². The number of allylic oxidation sites excluding steroid dienone is 1. The zero-order valence-corrected chi connectivity index (χ0v) is 10.7. The van der Waals surface area contributed by atoms with Crippen LogP contribution in [0.1, 0.15) is 35.0 Å². The third kappa shape index (κ3) is 2.34. The highest BCUT2D eigenvalue weighted by atomic mass is 32.1. The van der Waals surface area contributed by atoms with Crippen LogP contribution in [-0.4, -0.2) is 4.98 Å². The molecule has 1 aromatic heterocycles. The highest BCUT2D eigenvalue weighted by Gasteiger charge is 2.26. The molecule has 0 N–H and O–H groups in total. The van der Waals surface area contributed by atoms with Crippen LogP contribution in [0.3, 0.4) is 0 Å². The largest absolute Gasteiger partial charge is 0.240 e. The zero-order valence-electron chi connectivity index (χ0n) is 9.84. The second kappa shape index (κ2) is 4.75. The molecule has 0 amide bonds. The van der Waals surface area contributed by atoms with Crippen molar-refractivity contribution in [2.45, 2.75) is 18.8 Å². The van der Waals surface area contributed by atoms with Crippen molar-refractivity contribution in [1.29, 1.82) is 5.26 Å². The van der Waals surface area contributed by atoms with Crippen LogP contribution in [0, 0.1) is 11.3 Å². The number of nitrogens with zero attached hydrogens (tertiary/aromatic N) is 2. The maximum absolute atomic E-state index is 9.25. The van der Waals surface area contributed by atoms with Gasteiger partial charge in [-0.25, -0.2) is 4.98 Å². The van der Waals surface area contributed by atoms with E-state index in [4.69, 9.17) is 0 Å². The van der Waals surface area contributed by atoms with E-state index < -0.39 is 0 Å². The summed E-state index contributed by atoms with van der Waals surface area (Å²) in [5, 5.41) is 12.2. The first-order chi connectivity index (χ1) is 8.86. The molecule has 0 bridgehead atoms. The minimum atomic E-state index is 0.645. The van der Waals surface area contributed by atoms with Crippen molar-refractivity contribution in [3.8, 4) is 6.07 Å². The van der Waals surface area contributed by atoms with Gasteiger partial charge >= 0.3 is 0 Å². The molecule has 2 aromatic rings. The molecular weight excluding hydrogens is 240 g/mol. The highest BCUT2D eigenvalue weighted by molar-refractivity contribution is 7.11. The fourth-order valence-electron chi connectivity index (χ4n) is 1.83. The molecule has 3 heteroatoms. The summed E-state index contributed by atoms with van der Waals surface area (Å²) in [6.07, 6.45) is 4.39. The summed E-state index contributed by atoms with van der Waals surface area (Å²) in [5.74, 6) is 0.645. The van der Waals surface area contributed by atoms with Crippen LogP contribution in [0.2, 0.25) is 0 Å². The normalized spacial score (nSPS) is 15.4. The van der Waals surface area contributed by atoms with Crippen molar-refractivity contribution >= 4 is 23.0 Å². The quantitative estimate of drug-likeness (QED) is 0.772. The molecule has 1 aliphatic carbocycles. The van der Waals surface area contributed by atoms with E-state index in [1.54, 1.807) is 11.3 Å². The molecule has 0 radical (unpaired) electrons. The number of hydrogen-bond donors (Lipinski definition) is 0. The molecule has 3 rings (SSSR count). The Morgan fingerprint density at radius 2 is 2.11 bits per heavy atom.